The number of anilines is 1. The van der Waals surface area contributed by atoms with Crippen molar-refractivity contribution in [3.8, 4) is 5.75 Å². The van der Waals surface area contributed by atoms with E-state index < -0.39 is 5.82 Å². The highest BCUT2D eigenvalue weighted by atomic mass is 32.2. The van der Waals surface area contributed by atoms with E-state index in [4.69, 9.17) is 9.26 Å². The van der Waals surface area contributed by atoms with Crippen LogP contribution in [0, 0.1) is 12.7 Å². The third-order valence-electron chi connectivity index (χ3n) is 4.22. The first kappa shape index (κ1) is 20.6. The summed E-state index contributed by atoms with van der Waals surface area (Å²) in [5.74, 6) is 0.634. The molecule has 4 rings (SSSR count). The molecule has 2 aromatic heterocycles. The van der Waals surface area contributed by atoms with Gasteiger partial charge in [0.05, 0.1) is 5.69 Å². The zero-order valence-corrected chi connectivity index (χ0v) is 17.5. The van der Waals surface area contributed by atoms with E-state index in [9.17, 15) is 9.18 Å². The molecule has 1 N–H and O–H groups in total. The number of aryl methyl sites for hydroxylation is 2. The Morgan fingerprint density at radius 1 is 1.26 bits per heavy atom. The predicted molar refractivity (Wildman–Crippen MR) is 111 cm³/mol. The Balaban J connectivity index is 1.44. The SMILES string of the molecule is Cc1nc(COc2ccc(C(=O)Nc3cc(F)ccc3Sc3nccn3C)cc2)no1. The van der Waals surface area contributed by atoms with Crippen LogP contribution >= 0.6 is 11.8 Å². The maximum absolute atomic E-state index is 13.8. The van der Waals surface area contributed by atoms with Crippen LogP contribution in [0.3, 0.4) is 0 Å². The normalized spacial score (nSPS) is 10.8. The Morgan fingerprint density at radius 2 is 2.06 bits per heavy atom. The molecule has 0 saturated carbocycles. The number of aromatic nitrogens is 4. The van der Waals surface area contributed by atoms with E-state index in [0.717, 1.165) is 5.16 Å². The summed E-state index contributed by atoms with van der Waals surface area (Å²) in [6, 6.07) is 10.8. The number of halogens is 1. The zero-order valence-electron chi connectivity index (χ0n) is 16.7. The van der Waals surface area contributed by atoms with Crippen molar-refractivity contribution < 1.29 is 18.4 Å². The summed E-state index contributed by atoms with van der Waals surface area (Å²) in [5, 5.41) is 7.25. The fourth-order valence-corrected chi connectivity index (χ4v) is 3.55. The van der Waals surface area contributed by atoms with Gasteiger partial charge < -0.3 is 19.1 Å². The van der Waals surface area contributed by atoms with Gasteiger partial charge in [-0.3, -0.25) is 4.79 Å². The van der Waals surface area contributed by atoms with Gasteiger partial charge in [0.2, 0.25) is 11.7 Å². The van der Waals surface area contributed by atoms with E-state index in [1.54, 1.807) is 43.5 Å². The molecule has 2 aromatic carbocycles. The molecular formula is C21H18FN5O3S. The van der Waals surface area contributed by atoms with E-state index in [0.29, 0.717) is 33.6 Å². The number of nitrogens with zero attached hydrogens (tertiary/aromatic N) is 4. The molecule has 0 atom stereocenters. The first-order chi connectivity index (χ1) is 15.0. The molecule has 158 valence electrons. The van der Waals surface area contributed by atoms with E-state index >= 15 is 0 Å². The van der Waals surface area contributed by atoms with Crippen molar-refractivity contribution in [3.05, 3.63) is 78.0 Å². The number of hydrogen-bond donors (Lipinski definition) is 1. The lowest BCUT2D eigenvalue weighted by molar-refractivity contribution is 0.102. The minimum Gasteiger partial charge on any atom is -0.485 e. The lowest BCUT2D eigenvalue weighted by Gasteiger charge is -2.11. The van der Waals surface area contributed by atoms with Gasteiger partial charge in [0.1, 0.15) is 11.6 Å². The maximum atomic E-state index is 13.8. The minimum atomic E-state index is -0.444. The molecule has 0 fully saturated rings. The predicted octanol–water partition coefficient (Wildman–Crippen LogP) is 4.23. The summed E-state index contributed by atoms with van der Waals surface area (Å²) < 4.78 is 26.1. The van der Waals surface area contributed by atoms with Gasteiger partial charge in [0.25, 0.3) is 5.91 Å². The molecule has 0 radical (unpaired) electrons. The molecule has 8 nitrogen and oxygen atoms in total. The van der Waals surface area contributed by atoms with Gasteiger partial charge in [-0.25, -0.2) is 9.37 Å². The highest BCUT2D eigenvalue weighted by Crippen LogP contribution is 2.33. The van der Waals surface area contributed by atoms with Gasteiger partial charge in [0, 0.05) is 36.8 Å². The summed E-state index contributed by atoms with van der Waals surface area (Å²) in [4.78, 5) is 21.7. The fourth-order valence-electron chi connectivity index (χ4n) is 2.68. The van der Waals surface area contributed by atoms with E-state index in [-0.39, 0.29) is 12.5 Å². The number of imidazole rings is 1. The van der Waals surface area contributed by atoms with Gasteiger partial charge in [-0.2, -0.15) is 4.98 Å². The molecular weight excluding hydrogens is 421 g/mol. The van der Waals surface area contributed by atoms with Crippen LogP contribution in [0.5, 0.6) is 5.75 Å². The Hall–Kier alpha value is -3.66. The summed E-state index contributed by atoms with van der Waals surface area (Å²) in [6.07, 6.45) is 3.49. The van der Waals surface area contributed by atoms with Crippen LogP contribution in [0.4, 0.5) is 10.1 Å². The van der Waals surface area contributed by atoms with Gasteiger partial charge in [-0.05, 0) is 54.2 Å². The number of nitrogens with one attached hydrogen (secondary N) is 1. The molecule has 10 heteroatoms. The van der Waals surface area contributed by atoms with E-state index in [1.807, 2.05) is 17.8 Å². The van der Waals surface area contributed by atoms with Crippen molar-refractivity contribution in [2.24, 2.45) is 7.05 Å². The van der Waals surface area contributed by atoms with Crippen molar-refractivity contribution in [3.63, 3.8) is 0 Å². The summed E-state index contributed by atoms with van der Waals surface area (Å²) in [5.41, 5.74) is 0.769. The van der Waals surface area contributed by atoms with Crippen LogP contribution in [-0.2, 0) is 13.7 Å². The third-order valence-corrected chi connectivity index (χ3v) is 5.37. The molecule has 0 bridgehead atoms. The second-order valence-corrected chi connectivity index (χ2v) is 7.57. The van der Waals surface area contributed by atoms with Gasteiger partial charge >= 0.3 is 0 Å². The van der Waals surface area contributed by atoms with Crippen molar-refractivity contribution in [2.45, 2.75) is 23.6 Å². The summed E-state index contributed by atoms with van der Waals surface area (Å²) in [7, 11) is 1.86. The second kappa shape index (κ2) is 9.00. The fraction of sp³-hybridized carbons (Fsp3) is 0.143. The highest BCUT2D eigenvalue weighted by molar-refractivity contribution is 7.99. The Kier molecular flexibility index (Phi) is 5.99. The molecule has 2 heterocycles. The molecule has 0 aliphatic rings. The van der Waals surface area contributed by atoms with Crippen LogP contribution in [0.1, 0.15) is 22.1 Å². The molecule has 0 unspecified atom stereocenters. The van der Waals surface area contributed by atoms with Crippen molar-refractivity contribution in [1.82, 2.24) is 19.7 Å². The molecule has 0 aliphatic carbocycles. The standard InChI is InChI=1S/C21H18FN5O3S/c1-13-24-19(26-30-13)12-29-16-6-3-14(4-7-16)20(28)25-17-11-15(22)5-8-18(17)31-21-23-9-10-27(21)2/h3-11H,12H2,1-2H3,(H,25,28). The largest absolute Gasteiger partial charge is 0.485 e. The second-order valence-electron chi connectivity index (χ2n) is 6.56. The average molecular weight is 439 g/mol. The number of benzene rings is 2. The Labute approximate surface area is 181 Å². The number of carbonyl (C=O) groups excluding carboxylic acids is 1. The molecule has 0 aliphatic heterocycles. The molecule has 31 heavy (non-hydrogen) atoms. The Bertz CT molecular complexity index is 1210. The quantitative estimate of drug-likeness (QED) is 0.460. The molecule has 0 spiro atoms. The molecule has 4 aromatic rings. The lowest BCUT2D eigenvalue weighted by Crippen LogP contribution is -2.12. The number of ether oxygens (including phenoxy) is 1. The van der Waals surface area contributed by atoms with E-state index in [1.165, 1.54) is 23.9 Å². The van der Waals surface area contributed by atoms with Gasteiger partial charge in [-0.15, -0.1) is 0 Å². The van der Waals surface area contributed by atoms with Gasteiger partial charge in [0.15, 0.2) is 11.8 Å². The van der Waals surface area contributed by atoms with Crippen molar-refractivity contribution in [1.29, 1.82) is 0 Å². The summed E-state index contributed by atoms with van der Waals surface area (Å²) >= 11 is 1.33. The highest BCUT2D eigenvalue weighted by Gasteiger charge is 2.13. The number of carbonyl (C=O) groups is 1. The topological polar surface area (TPSA) is 95.1 Å². The monoisotopic (exact) mass is 439 g/mol. The first-order valence-electron chi connectivity index (χ1n) is 9.26. The molecule has 1 amide bonds. The maximum Gasteiger partial charge on any atom is 0.255 e. The number of hydrogen-bond acceptors (Lipinski definition) is 7. The van der Waals surface area contributed by atoms with Crippen LogP contribution in [0.15, 0.2) is 69.4 Å². The first-order valence-corrected chi connectivity index (χ1v) is 10.1. The number of rotatable bonds is 7. The zero-order chi connectivity index (χ0) is 21.8. The van der Waals surface area contributed by atoms with Crippen LogP contribution in [0.25, 0.3) is 0 Å². The third kappa shape index (κ3) is 5.10. The van der Waals surface area contributed by atoms with Gasteiger partial charge in [-0.1, -0.05) is 5.16 Å². The van der Waals surface area contributed by atoms with Crippen molar-refractivity contribution >= 4 is 23.4 Å². The average Bonchev–Trinajstić information content (AvgIpc) is 3.36. The summed E-state index contributed by atoms with van der Waals surface area (Å²) in [6.45, 7) is 1.85. The molecule has 0 saturated heterocycles. The number of amides is 1. The van der Waals surface area contributed by atoms with Crippen LogP contribution in [0.2, 0.25) is 0 Å². The smallest absolute Gasteiger partial charge is 0.255 e. The van der Waals surface area contributed by atoms with Crippen LogP contribution in [-0.4, -0.2) is 25.6 Å². The Morgan fingerprint density at radius 3 is 2.74 bits per heavy atom. The minimum absolute atomic E-state index is 0.153. The van der Waals surface area contributed by atoms with E-state index in [2.05, 4.69) is 20.4 Å². The van der Waals surface area contributed by atoms with Crippen LogP contribution < -0.4 is 10.1 Å². The van der Waals surface area contributed by atoms with Crippen molar-refractivity contribution in [2.75, 3.05) is 5.32 Å². The lowest BCUT2D eigenvalue weighted by atomic mass is 10.2.